The highest BCUT2D eigenvalue weighted by Gasteiger charge is 2.21. The number of amides is 1. The van der Waals surface area contributed by atoms with E-state index in [1.165, 1.54) is 63.1 Å². The van der Waals surface area contributed by atoms with Gasteiger partial charge in [-0.15, -0.1) is 15.3 Å². The Kier molecular flexibility index (Phi) is 12.2. The van der Waals surface area contributed by atoms with Crippen LogP contribution < -0.4 is 20.1 Å². The highest BCUT2D eigenvalue weighted by molar-refractivity contribution is 6.32. The number of carbonyl (C=O) groups is 3. The van der Waals surface area contributed by atoms with E-state index in [-0.39, 0.29) is 63.4 Å². The van der Waals surface area contributed by atoms with Crippen LogP contribution in [-0.2, 0) is 6.42 Å². The zero-order chi connectivity index (χ0) is 36.2. The number of aromatic carboxylic acids is 2. The predicted octanol–water partition coefficient (Wildman–Crippen LogP) is 5.16. The average Bonchev–Trinajstić information content (AvgIpc) is 3.64. The normalized spacial score (nSPS) is 11.4. The number of imidazole rings is 1. The molecule has 0 unspecified atom stereocenters. The van der Waals surface area contributed by atoms with Crippen LogP contribution in [0.1, 0.15) is 36.8 Å². The van der Waals surface area contributed by atoms with Gasteiger partial charge < -0.3 is 30.3 Å². The molecule has 0 bridgehead atoms. The lowest BCUT2D eigenvalue weighted by Gasteiger charge is -2.17. The second-order valence-electron chi connectivity index (χ2n) is 9.88. The van der Waals surface area contributed by atoms with Crippen molar-refractivity contribution in [2.75, 3.05) is 31.4 Å². The number of halogens is 1. The molecule has 18 heteroatoms. The summed E-state index contributed by atoms with van der Waals surface area (Å²) in [6.45, 7) is 3.86. The van der Waals surface area contributed by atoms with Gasteiger partial charge in [0, 0.05) is 43.0 Å². The molecule has 0 aliphatic rings. The number of ether oxygens (including phenoxy) is 2. The lowest BCUT2D eigenvalue weighted by Crippen LogP contribution is -2.17. The maximum atomic E-state index is 13.0. The van der Waals surface area contributed by atoms with Crippen molar-refractivity contribution in [3.05, 3.63) is 107 Å². The summed E-state index contributed by atoms with van der Waals surface area (Å²) in [4.78, 5) is 45.3. The summed E-state index contributed by atoms with van der Waals surface area (Å²) in [6, 6.07) is 8.29. The first-order chi connectivity index (χ1) is 24.1. The third-order valence-electron chi connectivity index (χ3n) is 6.78. The van der Waals surface area contributed by atoms with Gasteiger partial charge in [-0.05, 0) is 42.0 Å². The zero-order valence-electron chi connectivity index (χ0n) is 26.5. The maximum absolute atomic E-state index is 13.0. The number of methoxy groups -OCH3 is 1. The second-order valence-corrected chi connectivity index (χ2v) is 10.3. The van der Waals surface area contributed by atoms with Crippen LogP contribution in [0, 0.1) is 5.53 Å². The van der Waals surface area contributed by atoms with Gasteiger partial charge in [0.25, 0.3) is 5.91 Å². The first kappa shape index (κ1) is 36.1. The minimum Gasteiger partial charge on any atom is -0.493 e. The van der Waals surface area contributed by atoms with E-state index >= 15 is 0 Å². The molecule has 0 aliphatic carbocycles. The molecule has 5 N–H and O–H groups in total. The van der Waals surface area contributed by atoms with Gasteiger partial charge in [-0.2, -0.15) is 5.53 Å². The monoisotopic (exact) mass is 700 g/mol. The SMILES string of the molecule is C=C(Nc1cc(Cl)c(CCOc2cc(NC(=O)c3ccc(-n4ccnc4)nn3)c(C(=O)O)cc2OC)cc1C(=O)O)C(/C=C\C=N\N=N)=N/C. The van der Waals surface area contributed by atoms with Gasteiger partial charge in [-0.1, -0.05) is 23.4 Å². The molecule has 0 saturated carbocycles. The first-order valence-electron chi connectivity index (χ1n) is 14.3. The van der Waals surface area contributed by atoms with Crippen molar-refractivity contribution in [1.82, 2.24) is 19.7 Å². The Labute approximate surface area is 289 Å². The number of hydrogen-bond donors (Lipinski definition) is 5. The molecule has 4 rings (SSSR count). The molecular weight excluding hydrogens is 672 g/mol. The van der Waals surface area contributed by atoms with E-state index in [1.54, 1.807) is 29.1 Å². The lowest BCUT2D eigenvalue weighted by atomic mass is 10.1. The van der Waals surface area contributed by atoms with Crippen molar-refractivity contribution in [2.45, 2.75) is 6.42 Å². The third kappa shape index (κ3) is 8.98. The largest absolute Gasteiger partial charge is 0.493 e. The fraction of sp³-hybridized carbons (Fsp3) is 0.125. The number of nitrogens with one attached hydrogen (secondary N) is 3. The van der Waals surface area contributed by atoms with E-state index in [9.17, 15) is 24.6 Å². The Morgan fingerprint density at radius 1 is 1.06 bits per heavy atom. The molecule has 2 aromatic carbocycles. The topological polar surface area (TPSA) is 239 Å². The van der Waals surface area contributed by atoms with E-state index < -0.39 is 17.8 Å². The number of carboxylic acid groups (broad SMARTS) is 2. The summed E-state index contributed by atoms with van der Waals surface area (Å²) in [7, 11) is 2.84. The molecule has 2 heterocycles. The minimum atomic E-state index is -1.33. The van der Waals surface area contributed by atoms with E-state index in [4.69, 9.17) is 26.6 Å². The molecule has 0 atom stereocenters. The number of aliphatic imine (C=N–C) groups is 1. The fourth-order valence-electron chi connectivity index (χ4n) is 4.38. The molecule has 0 fully saturated rings. The molecule has 256 valence electrons. The number of carbonyl (C=O) groups excluding carboxylic acids is 1. The number of carboxylic acids is 2. The van der Waals surface area contributed by atoms with Crippen molar-refractivity contribution >= 4 is 52.7 Å². The van der Waals surface area contributed by atoms with Crippen molar-refractivity contribution in [1.29, 1.82) is 5.53 Å². The van der Waals surface area contributed by atoms with Crippen LogP contribution in [0.3, 0.4) is 0 Å². The summed E-state index contributed by atoms with van der Waals surface area (Å²) in [6.07, 6.45) is 9.17. The van der Waals surface area contributed by atoms with Crippen LogP contribution in [0.25, 0.3) is 5.82 Å². The number of allylic oxidation sites excluding steroid dienone is 2. The van der Waals surface area contributed by atoms with Crippen LogP contribution in [0.5, 0.6) is 11.5 Å². The van der Waals surface area contributed by atoms with Crippen LogP contribution in [0.2, 0.25) is 5.02 Å². The number of rotatable bonds is 16. The van der Waals surface area contributed by atoms with Gasteiger partial charge in [0.05, 0.1) is 53.8 Å². The average molecular weight is 701 g/mol. The summed E-state index contributed by atoms with van der Waals surface area (Å²) < 4.78 is 12.8. The van der Waals surface area contributed by atoms with Gasteiger partial charge in [-0.25, -0.2) is 14.6 Å². The molecule has 0 aliphatic heterocycles. The first-order valence-corrected chi connectivity index (χ1v) is 14.7. The Hall–Kier alpha value is -6.75. The standard InChI is InChI=1S/C32H29ClN10O7/c1-18(23(35-2)5-4-9-37-42-34)38-25-15-22(33)19(13-20(25)31(45)46)8-12-50-28-16-26(21(32(47)48)14-27(28)49-3)39-30(44)24-6-7-29(41-40-24)43-11-10-36-17-43/h4-7,9-11,13-17,34,38H,1,8,12H2,2-3H3,(H,39,44)(H,45,46)(H,47,48)/b5-4-,35-23+,37-9+,42-34?. The molecular formula is C32H29ClN10O7. The van der Waals surface area contributed by atoms with Gasteiger partial charge in [0.15, 0.2) is 23.0 Å². The van der Waals surface area contributed by atoms with Crippen molar-refractivity contribution in [3.8, 4) is 17.3 Å². The molecule has 0 saturated heterocycles. The molecule has 17 nitrogen and oxygen atoms in total. The third-order valence-corrected chi connectivity index (χ3v) is 7.13. The van der Waals surface area contributed by atoms with Gasteiger partial charge in [0.1, 0.15) is 6.33 Å². The highest BCUT2D eigenvalue weighted by atomic mass is 35.5. The number of benzene rings is 2. The number of anilines is 2. The Morgan fingerprint density at radius 2 is 1.80 bits per heavy atom. The van der Waals surface area contributed by atoms with Crippen LogP contribution in [0.4, 0.5) is 11.4 Å². The van der Waals surface area contributed by atoms with Crippen molar-refractivity contribution < 1.29 is 34.1 Å². The quantitative estimate of drug-likeness (QED) is 0.0581. The Balaban J connectivity index is 1.51. The Morgan fingerprint density at radius 3 is 2.42 bits per heavy atom. The van der Waals surface area contributed by atoms with E-state index in [0.717, 1.165) is 0 Å². The summed E-state index contributed by atoms with van der Waals surface area (Å²) >= 11 is 6.54. The minimum absolute atomic E-state index is 0.0425. The van der Waals surface area contributed by atoms with Gasteiger partial charge in [-0.3, -0.25) is 14.4 Å². The van der Waals surface area contributed by atoms with E-state index in [0.29, 0.717) is 17.1 Å². The van der Waals surface area contributed by atoms with Crippen LogP contribution in [0.15, 0.2) is 94.9 Å². The smallest absolute Gasteiger partial charge is 0.337 e. The number of hydrogen-bond acceptors (Lipinski definition) is 12. The number of aromatic nitrogens is 4. The molecule has 0 spiro atoms. The highest BCUT2D eigenvalue weighted by Crippen LogP contribution is 2.35. The Bertz CT molecular complexity index is 2010. The van der Waals surface area contributed by atoms with Gasteiger partial charge in [0.2, 0.25) is 0 Å². The fourth-order valence-corrected chi connectivity index (χ4v) is 4.64. The van der Waals surface area contributed by atoms with Gasteiger partial charge >= 0.3 is 11.9 Å². The molecule has 1 amide bonds. The van der Waals surface area contributed by atoms with E-state index in [2.05, 4.69) is 47.7 Å². The van der Waals surface area contributed by atoms with E-state index in [1.807, 2.05) is 0 Å². The molecule has 50 heavy (non-hydrogen) atoms. The predicted molar refractivity (Wildman–Crippen MR) is 184 cm³/mol. The molecule has 4 aromatic rings. The molecule has 0 radical (unpaired) electrons. The van der Waals surface area contributed by atoms with Crippen LogP contribution >= 0.6 is 11.6 Å². The number of nitrogens with zero attached hydrogens (tertiary/aromatic N) is 7. The summed E-state index contributed by atoms with van der Waals surface area (Å²) in [5.74, 6) is -2.70. The summed E-state index contributed by atoms with van der Waals surface area (Å²) in [5.41, 5.74) is 7.39. The van der Waals surface area contributed by atoms with Crippen molar-refractivity contribution in [3.63, 3.8) is 0 Å². The molecule has 2 aromatic heterocycles. The van der Waals surface area contributed by atoms with Crippen molar-refractivity contribution in [2.24, 2.45) is 15.3 Å². The summed E-state index contributed by atoms with van der Waals surface area (Å²) in [5, 5.41) is 39.6. The lowest BCUT2D eigenvalue weighted by molar-refractivity contribution is 0.0686. The maximum Gasteiger partial charge on any atom is 0.337 e. The zero-order valence-corrected chi connectivity index (χ0v) is 27.2. The van der Waals surface area contributed by atoms with Crippen LogP contribution in [-0.4, -0.2) is 80.5 Å². The second kappa shape index (κ2) is 16.9.